The van der Waals surface area contributed by atoms with Gasteiger partial charge in [0, 0.05) is 0 Å². The van der Waals surface area contributed by atoms with E-state index in [4.69, 9.17) is 0 Å². The summed E-state index contributed by atoms with van der Waals surface area (Å²) in [4.78, 5) is 0. The molecule has 0 unspecified atom stereocenters. The summed E-state index contributed by atoms with van der Waals surface area (Å²) in [5, 5.41) is 9.88. The van der Waals surface area contributed by atoms with Gasteiger partial charge in [0.25, 0.3) is 0 Å². The van der Waals surface area contributed by atoms with E-state index in [-0.39, 0.29) is 5.41 Å². The smallest absolute Gasteiger partial charge is 0.0692 e. The molecule has 2 fully saturated rings. The molecule has 1 heteroatoms. The highest BCUT2D eigenvalue weighted by atomic mass is 14.5. The van der Waals surface area contributed by atoms with E-state index < -0.39 is 0 Å². The highest BCUT2D eigenvalue weighted by molar-refractivity contribution is 5.06. The van der Waals surface area contributed by atoms with Gasteiger partial charge in [-0.25, -0.2) is 0 Å². The molecule has 0 radical (unpaired) electrons. The number of nitriles is 1. The van der Waals surface area contributed by atoms with E-state index in [1.54, 1.807) is 0 Å². The molecule has 2 aliphatic carbocycles. The van der Waals surface area contributed by atoms with Gasteiger partial charge >= 0.3 is 0 Å². The minimum atomic E-state index is 0.0555. The van der Waals surface area contributed by atoms with E-state index in [2.05, 4.69) is 19.9 Å². The highest BCUT2D eigenvalue weighted by Gasteiger charge is 2.43. The third-order valence-electron chi connectivity index (χ3n) is 6.51. The van der Waals surface area contributed by atoms with Crippen molar-refractivity contribution in [2.45, 2.75) is 97.3 Å². The van der Waals surface area contributed by atoms with Gasteiger partial charge in [0.2, 0.25) is 0 Å². The molecule has 1 nitrogen and oxygen atoms in total. The quantitative estimate of drug-likeness (QED) is 0.548. The van der Waals surface area contributed by atoms with Crippen LogP contribution in [-0.4, -0.2) is 0 Å². The van der Waals surface area contributed by atoms with Gasteiger partial charge in [0.05, 0.1) is 11.5 Å². The molecule has 0 aromatic heterocycles. The maximum Gasteiger partial charge on any atom is 0.0692 e. The SMILES string of the molecule is CCCCC1CCC(C#N)(C2CCC(CCC)CC2)CC1. The zero-order valence-electron chi connectivity index (χ0n) is 14.4. The Balaban J connectivity index is 1.85. The molecule has 120 valence electrons. The van der Waals surface area contributed by atoms with E-state index in [0.29, 0.717) is 5.92 Å². The minimum Gasteiger partial charge on any atom is -0.198 e. The average molecular weight is 290 g/mol. The Morgan fingerprint density at radius 3 is 2.00 bits per heavy atom. The molecular weight excluding hydrogens is 254 g/mol. The maximum absolute atomic E-state index is 9.88. The van der Waals surface area contributed by atoms with Gasteiger partial charge in [-0.1, -0.05) is 58.8 Å². The van der Waals surface area contributed by atoms with Gasteiger partial charge in [-0.15, -0.1) is 0 Å². The normalized spacial score (nSPS) is 37.1. The Hall–Kier alpha value is -0.510. The van der Waals surface area contributed by atoms with Gasteiger partial charge in [0.1, 0.15) is 0 Å². The van der Waals surface area contributed by atoms with Crippen molar-refractivity contribution in [2.24, 2.45) is 23.2 Å². The van der Waals surface area contributed by atoms with Crippen LogP contribution in [0.2, 0.25) is 0 Å². The third kappa shape index (κ3) is 4.24. The summed E-state index contributed by atoms with van der Waals surface area (Å²) in [6, 6.07) is 2.81. The van der Waals surface area contributed by atoms with Crippen LogP contribution in [0.1, 0.15) is 97.3 Å². The molecule has 0 bridgehead atoms. The number of hydrogen-bond acceptors (Lipinski definition) is 1. The van der Waals surface area contributed by atoms with Crippen LogP contribution in [-0.2, 0) is 0 Å². The van der Waals surface area contributed by atoms with Crippen LogP contribution in [0.5, 0.6) is 0 Å². The lowest BCUT2D eigenvalue weighted by molar-refractivity contribution is 0.0846. The van der Waals surface area contributed by atoms with Crippen molar-refractivity contribution in [3.05, 3.63) is 0 Å². The molecule has 0 saturated heterocycles. The summed E-state index contributed by atoms with van der Waals surface area (Å²) in [6.07, 6.45) is 17.3. The van der Waals surface area contributed by atoms with Crippen molar-refractivity contribution in [3.8, 4) is 6.07 Å². The highest BCUT2D eigenvalue weighted by Crippen LogP contribution is 2.50. The van der Waals surface area contributed by atoms with Crippen molar-refractivity contribution in [1.82, 2.24) is 0 Å². The zero-order chi connectivity index (χ0) is 15.1. The molecule has 2 aliphatic rings. The molecule has 0 aliphatic heterocycles. The molecule has 0 atom stereocenters. The second kappa shape index (κ2) is 8.21. The topological polar surface area (TPSA) is 23.8 Å². The first-order valence-corrected chi connectivity index (χ1v) is 9.65. The van der Waals surface area contributed by atoms with Crippen LogP contribution in [0.3, 0.4) is 0 Å². The average Bonchev–Trinajstić information content (AvgIpc) is 2.54. The van der Waals surface area contributed by atoms with Crippen LogP contribution in [0.4, 0.5) is 0 Å². The van der Waals surface area contributed by atoms with Gasteiger partial charge in [-0.05, 0) is 56.3 Å². The first-order valence-electron chi connectivity index (χ1n) is 9.65. The Bertz CT molecular complexity index is 324. The van der Waals surface area contributed by atoms with Crippen LogP contribution in [0.25, 0.3) is 0 Å². The standard InChI is InChI=1S/C20H35N/c1-3-5-7-18-12-14-20(16-21,15-13-18)19-10-8-17(6-4-2)9-11-19/h17-19H,3-15H2,1-2H3. The second-order valence-corrected chi connectivity index (χ2v) is 7.86. The molecule has 0 spiro atoms. The van der Waals surface area contributed by atoms with Crippen molar-refractivity contribution in [2.75, 3.05) is 0 Å². The number of rotatable bonds is 6. The fourth-order valence-electron chi connectivity index (χ4n) is 5.00. The molecule has 0 aromatic carbocycles. The molecule has 0 aromatic rings. The predicted octanol–water partition coefficient (Wildman–Crippen LogP) is 6.48. The van der Waals surface area contributed by atoms with Crippen molar-refractivity contribution >= 4 is 0 Å². The van der Waals surface area contributed by atoms with E-state index in [1.807, 2.05) is 0 Å². The van der Waals surface area contributed by atoms with Crippen molar-refractivity contribution < 1.29 is 0 Å². The number of hydrogen-bond donors (Lipinski definition) is 0. The van der Waals surface area contributed by atoms with Crippen LogP contribution < -0.4 is 0 Å². The minimum absolute atomic E-state index is 0.0555. The predicted molar refractivity (Wildman–Crippen MR) is 89.9 cm³/mol. The molecule has 0 amide bonds. The monoisotopic (exact) mass is 289 g/mol. The molecule has 2 rings (SSSR count). The van der Waals surface area contributed by atoms with E-state index in [1.165, 1.54) is 83.5 Å². The van der Waals surface area contributed by atoms with E-state index in [0.717, 1.165) is 11.8 Å². The number of unbranched alkanes of at least 4 members (excludes halogenated alkanes) is 1. The van der Waals surface area contributed by atoms with Gasteiger partial charge in [-0.2, -0.15) is 5.26 Å². The van der Waals surface area contributed by atoms with Crippen LogP contribution in [0.15, 0.2) is 0 Å². The summed E-state index contributed by atoms with van der Waals surface area (Å²) >= 11 is 0. The van der Waals surface area contributed by atoms with Gasteiger partial charge in [0.15, 0.2) is 0 Å². The molecule has 0 N–H and O–H groups in total. The third-order valence-corrected chi connectivity index (χ3v) is 6.51. The van der Waals surface area contributed by atoms with Crippen molar-refractivity contribution in [3.63, 3.8) is 0 Å². The summed E-state index contributed by atoms with van der Waals surface area (Å²) in [6.45, 7) is 4.59. The second-order valence-electron chi connectivity index (χ2n) is 7.86. The first-order chi connectivity index (χ1) is 10.2. The lowest BCUT2D eigenvalue weighted by Crippen LogP contribution is -2.36. The Kier molecular flexibility index (Phi) is 6.59. The lowest BCUT2D eigenvalue weighted by Gasteiger charge is -2.43. The lowest BCUT2D eigenvalue weighted by atomic mass is 9.59. The van der Waals surface area contributed by atoms with Crippen LogP contribution >= 0.6 is 0 Å². The Labute approximate surface area is 132 Å². The molecule has 0 heterocycles. The van der Waals surface area contributed by atoms with Crippen LogP contribution in [0, 0.1) is 34.5 Å². The summed E-state index contributed by atoms with van der Waals surface area (Å²) in [7, 11) is 0. The van der Waals surface area contributed by atoms with E-state index >= 15 is 0 Å². The molecular formula is C20H35N. The van der Waals surface area contributed by atoms with Gasteiger partial charge in [-0.3, -0.25) is 0 Å². The fourth-order valence-corrected chi connectivity index (χ4v) is 5.00. The van der Waals surface area contributed by atoms with Crippen molar-refractivity contribution in [1.29, 1.82) is 5.26 Å². The Morgan fingerprint density at radius 1 is 0.857 bits per heavy atom. The largest absolute Gasteiger partial charge is 0.198 e. The zero-order valence-corrected chi connectivity index (χ0v) is 14.4. The Morgan fingerprint density at radius 2 is 1.48 bits per heavy atom. The van der Waals surface area contributed by atoms with E-state index in [9.17, 15) is 5.26 Å². The summed E-state index contributed by atoms with van der Waals surface area (Å²) < 4.78 is 0. The molecule has 21 heavy (non-hydrogen) atoms. The number of nitrogens with zero attached hydrogens (tertiary/aromatic N) is 1. The first kappa shape index (κ1) is 16.9. The summed E-state index contributed by atoms with van der Waals surface area (Å²) in [5.74, 6) is 2.59. The maximum atomic E-state index is 9.88. The fraction of sp³-hybridized carbons (Fsp3) is 0.950. The summed E-state index contributed by atoms with van der Waals surface area (Å²) in [5.41, 5.74) is 0.0555. The van der Waals surface area contributed by atoms with Gasteiger partial charge < -0.3 is 0 Å². The molecule has 2 saturated carbocycles.